The fourth-order valence-corrected chi connectivity index (χ4v) is 3.77. The minimum Gasteiger partial charge on any atom is -0.371 e. The molecule has 0 aromatic rings. The van der Waals surface area contributed by atoms with Crippen LogP contribution in [0.5, 0.6) is 0 Å². The Bertz CT molecular complexity index is 472. The molecule has 0 aromatic carbocycles. The van der Waals surface area contributed by atoms with Crippen LogP contribution in [0.3, 0.4) is 0 Å². The van der Waals surface area contributed by atoms with Crippen molar-refractivity contribution in [2.75, 3.05) is 26.2 Å². The Morgan fingerprint density at radius 1 is 1.27 bits per heavy atom. The van der Waals surface area contributed by atoms with Crippen molar-refractivity contribution in [1.29, 1.82) is 0 Å². The van der Waals surface area contributed by atoms with Gasteiger partial charge in [-0.25, -0.2) is 0 Å². The number of hydrogen-bond donors (Lipinski definition) is 1. The molecule has 1 spiro atoms. The van der Waals surface area contributed by atoms with Crippen molar-refractivity contribution in [2.24, 2.45) is 23.7 Å². The van der Waals surface area contributed by atoms with E-state index in [1.807, 2.05) is 4.90 Å². The molecule has 4 fully saturated rings. The van der Waals surface area contributed by atoms with E-state index in [0.717, 1.165) is 51.7 Å². The van der Waals surface area contributed by atoms with Gasteiger partial charge in [-0.1, -0.05) is 6.92 Å². The lowest BCUT2D eigenvalue weighted by atomic mass is 9.82. The Balaban J connectivity index is 1.18. The first kappa shape index (κ1) is 14.5. The quantitative estimate of drug-likeness (QED) is 0.848. The zero-order chi connectivity index (χ0) is 15.3. The molecule has 5 nitrogen and oxygen atoms in total. The lowest BCUT2D eigenvalue weighted by Gasteiger charge is -2.53. The normalized spacial score (nSPS) is 35.9. The molecule has 4 aliphatic rings. The van der Waals surface area contributed by atoms with Crippen molar-refractivity contribution in [3.05, 3.63) is 0 Å². The van der Waals surface area contributed by atoms with Gasteiger partial charge in [0, 0.05) is 18.4 Å². The van der Waals surface area contributed by atoms with Crippen LogP contribution < -0.4 is 5.32 Å². The van der Waals surface area contributed by atoms with E-state index in [-0.39, 0.29) is 23.3 Å². The number of carbonyl (C=O) groups is 2. The van der Waals surface area contributed by atoms with Crippen molar-refractivity contribution in [2.45, 2.75) is 44.6 Å². The Labute approximate surface area is 131 Å². The Morgan fingerprint density at radius 3 is 2.55 bits per heavy atom. The highest BCUT2D eigenvalue weighted by molar-refractivity contribution is 5.82. The van der Waals surface area contributed by atoms with Crippen LogP contribution in [0.2, 0.25) is 0 Å². The molecule has 5 heteroatoms. The van der Waals surface area contributed by atoms with Gasteiger partial charge < -0.3 is 15.0 Å². The highest BCUT2D eigenvalue weighted by atomic mass is 16.5. The van der Waals surface area contributed by atoms with Gasteiger partial charge in [0.25, 0.3) is 0 Å². The Hall–Kier alpha value is -1.10. The molecule has 2 amide bonds. The molecule has 2 saturated heterocycles. The Kier molecular flexibility index (Phi) is 3.44. The van der Waals surface area contributed by atoms with Crippen LogP contribution in [0, 0.1) is 23.7 Å². The van der Waals surface area contributed by atoms with E-state index in [0.29, 0.717) is 24.3 Å². The molecule has 2 aliphatic carbocycles. The summed E-state index contributed by atoms with van der Waals surface area (Å²) < 4.78 is 6.08. The number of hydrogen-bond acceptors (Lipinski definition) is 3. The molecule has 22 heavy (non-hydrogen) atoms. The maximum Gasteiger partial charge on any atom is 0.226 e. The third-order valence-corrected chi connectivity index (χ3v) is 5.84. The second-order valence-electron chi connectivity index (χ2n) is 7.93. The van der Waals surface area contributed by atoms with E-state index in [4.69, 9.17) is 4.74 Å². The van der Waals surface area contributed by atoms with Gasteiger partial charge in [0.2, 0.25) is 11.8 Å². The first-order valence-electron chi connectivity index (χ1n) is 8.77. The number of ether oxygens (including phenoxy) is 1. The average molecular weight is 306 g/mol. The fraction of sp³-hybridized carbons (Fsp3) is 0.882. The van der Waals surface area contributed by atoms with E-state index < -0.39 is 0 Å². The predicted molar refractivity (Wildman–Crippen MR) is 81.0 cm³/mol. The number of nitrogens with zero attached hydrogens (tertiary/aromatic N) is 1. The molecular formula is C17H26N2O3. The molecule has 0 unspecified atom stereocenters. The standard InChI is InChI=1S/C17H26N2O3/c1-11-6-14(11)16(21)19-9-17(10-19)5-4-12(8-22-17)7-18-15(20)13-2-3-13/h11-14H,2-10H2,1H3,(H,18,20)/t11-,12+,14+/m1/s1. The first-order valence-corrected chi connectivity index (χ1v) is 8.77. The maximum atomic E-state index is 12.2. The van der Waals surface area contributed by atoms with E-state index in [2.05, 4.69) is 12.2 Å². The van der Waals surface area contributed by atoms with Gasteiger partial charge in [0.1, 0.15) is 5.60 Å². The summed E-state index contributed by atoms with van der Waals surface area (Å²) in [6, 6.07) is 0. The predicted octanol–water partition coefficient (Wildman–Crippen LogP) is 1.18. The largest absolute Gasteiger partial charge is 0.371 e. The lowest BCUT2D eigenvalue weighted by Crippen LogP contribution is -2.66. The van der Waals surface area contributed by atoms with E-state index in [1.54, 1.807) is 0 Å². The molecule has 2 saturated carbocycles. The number of likely N-dealkylation sites (tertiary alicyclic amines) is 1. The minimum atomic E-state index is -0.0786. The molecule has 0 radical (unpaired) electrons. The highest BCUT2D eigenvalue weighted by Gasteiger charge is 2.52. The summed E-state index contributed by atoms with van der Waals surface area (Å²) in [5, 5.41) is 3.05. The van der Waals surface area contributed by atoms with E-state index in [9.17, 15) is 9.59 Å². The number of amides is 2. The number of nitrogens with one attached hydrogen (secondary N) is 1. The first-order chi connectivity index (χ1) is 10.6. The maximum absolute atomic E-state index is 12.2. The van der Waals surface area contributed by atoms with E-state index in [1.165, 1.54) is 0 Å². The van der Waals surface area contributed by atoms with Crippen LogP contribution >= 0.6 is 0 Å². The summed E-state index contributed by atoms with van der Waals surface area (Å²) in [4.78, 5) is 25.8. The van der Waals surface area contributed by atoms with E-state index >= 15 is 0 Å². The third-order valence-electron chi connectivity index (χ3n) is 5.84. The molecule has 1 N–H and O–H groups in total. The smallest absolute Gasteiger partial charge is 0.226 e. The fourth-order valence-electron chi connectivity index (χ4n) is 3.77. The van der Waals surface area contributed by atoms with Crippen LogP contribution in [-0.2, 0) is 14.3 Å². The molecule has 3 atom stereocenters. The van der Waals surface area contributed by atoms with Gasteiger partial charge in [0.05, 0.1) is 19.7 Å². The van der Waals surface area contributed by atoms with Crippen molar-refractivity contribution < 1.29 is 14.3 Å². The van der Waals surface area contributed by atoms with Crippen LogP contribution in [-0.4, -0.2) is 48.6 Å². The summed E-state index contributed by atoms with van der Waals surface area (Å²) in [7, 11) is 0. The van der Waals surface area contributed by atoms with Crippen molar-refractivity contribution in [3.63, 3.8) is 0 Å². The van der Waals surface area contributed by atoms with Gasteiger partial charge in [-0.05, 0) is 43.9 Å². The number of rotatable bonds is 4. The monoisotopic (exact) mass is 306 g/mol. The Morgan fingerprint density at radius 2 is 2.00 bits per heavy atom. The number of carbonyl (C=O) groups excluding carboxylic acids is 2. The topological polar surface area (TPSA) is 58.6 Å². The van der Waals surface area contributed by atoms with Crippen molar-refractivity contribution in [1.82, 2.24) is 10.2 Å². The summed E-state index contributed by atoms with van der Waals surface area (Å²) >= 11 is 0. The van der Waals surface area contributed by atoms with Crippen molar-refractivity contribution in [3.8, 4) is 0 Å². The van der Waals surface area contributed by atoms with Gasteiger partial charge in [-0.2, -0.15) is 0 Å². The molecule has 122 valence electrons. The lowest BCUT2D eigenvalue weighted by molar-refractivity contribution is -0.189. The molecule has 0 aromatic heterocycles. The average Bonchev–Trinajstić information content (AvgIpc) is 3.37. The molecular weight excluding hydrogens is 280 g/mol. The molecule has 2 aliphatic heterocycles. The van der Waals surface area contributed by atoms with Crippen LogP contribution in [0.4, 0.5) is 0 Å². The summed E-state index contributed by atoms with van der Waals surface area (Å²) in [5.74, 6) is 2.13. The second kappa shape index (κ2) is 5.22. The summed E-state index contributed by atoms with van der Waals surface area (Å²) in [6.07, 6.45) is 5.28. The van der Waals surface area contributed by atoms with Crippen LogP contribution in [0.25, 0.3) is 0 Å². The third kappa shape index (κ3) is 2.75. The van der Waals surface area contributed by atoms with Gasteiger partial charge >= 0.3 is 0 Å². The zero-order valence-electron chi connectivity index (χ0n) is 13.3. The van der Waals surface area contributed by atoms with Gasteiger partial charge in [0.15, 0.2) is 0 Å². The summed E-state index contributed by atoms with van der Waals surface area (Å²) in [5.41, 5.74) is -0.0786. The van der Waals surface area contributed by atoms with Gasteiger partial charge in [-0.3, -0.25) is 9.59 Å². The van der Waals surface area contributed by atoms with Crippen molar-refractivity contribution >= 4 is 11.8 Å². The molecule has 4 rings (SSSR count). The minimum absolute atomic E-state index is 0.0786. The van der Waals surface area contributed by atoms with Gasteiger partial charge in [-0.15, -0.1) is 0 Å². The highest BCUT2D eigenvalue weighted by Crippen LogP contribution is 2.43. The molecule has 2 heterocycles. The zero-order valence-corrected chi connectivity index (χ0v) is 13.3. The van der Waals surface area contributed by atoms with Crippen LogP contribution in [0.15, 0.2) is 0 Å². The summed E-state index contributed by atoms with van der Waals surface area (Å²) in [6.45, 7) is 5.16. The molecule has 0 bridgehead atoms. The SMILES string of the molecule is C[C@@H]1C[C@@H]1C(=O)N1CC2(CC[C@@H](CNC(=O)C3CC3)CO2)C1. The van der Waals surface area contributed by atoms with Crippen LogP contribution in [0.1, 0.15) is 39.0 Å². The second-order valence-corrected chi connectivity index (χ2v) is 7.93.